The van der Waals surface area contributed by atoms with E-state index in [0.717, 1.165) is 19.5 Å². The number of aryl methyl sites for hydroxylation is 1. The summed E-state index contributed by atoms with van der Waals surface area (Å²) in [5.74, 6) is 0.713. The molecule has 0 saturated carbocycles. The van der Waals surface area contributed by atoms with Crippen LogP contribution in [0.15, 0.2) is 24.3 Å². The molecule has 1 aliphatic rings. The maximum Gasteiger partial charge on any atom is 0.220 e. The minimum atomic E-state index is 0.179. The number of carbonyl (C=O) groups is 1. The lowest BCUT2D eigenvalue weighted by Gasteiger charge is -2.11. The molecule has 1 N–H and O–H groups in total. The van der Waals surface area contributed by atoms with Gasteiger partial charge in [-0.05, 0) is 44.0 Å². The molecule has 98 valence electrons. The first-order valence-corrected chi connectivity index (χ1v) is 6.65. The third-order valence-corrected chi connectivity index (χ3v) is 3.70. The van der Waals surface area contributed by atoms with E-state index in [1.165, 1.54) is 11.1 Å². The molecule has 1 atom stereocenters. The maximum absolute atomic E-state index is 11.9. The van der Waals surface area contributed by atoms with Crippen LogP contribution in [0.5, 0.6) is 0 Å². The molecule has 0 aromatic heterocycles. The number of hydrogen-bond donors (Lipinski definition) is 1. The Morgan fingerprint density at radius 1 is 1.44 bits per heavy atom. The maximum atomic E-state index is 11.9. The molecule has 0 aliphatic carbocycles. The highest BCUT2D eigenvalue weighted by atomic mass is 16.1. The molecule has 0 spiro atoms. The van der Waals surface area contributed by atoms with Gasteiger partial charge in [-0.15, -0.1) is 0 Å². The standard InChI is InChI=1S/C15H22N2O/c1-12-5-3-4-6-14(12)10-16-15(18)9-13-7-8-17(2)11-13/h3-6,13H,7-11H2,1-2H3,(H,16,18). The molecule has 1 heterocycles. The van der Waals surface area contributed by atoms with E-state index < -0.39 is 0 Å². The highest BCUT2D eigenvalue weighted by molar-refractivity contribution is 5.76. The predicted octanol–water partition coefficient (Wildman–Crippen LogP) is 1.95. The van der Waals surface area contributed by atoms with Crippen molar-refractivity contribution in [2.45, 2.75) is 26.3 Å². The zero-order valence-corrected chi connectivity index (χ0v) is 11.3. The topological polar surface area (TPSA) is 32.3 Å². The summed E-state index contributed by atoms with van der Waals surface area (Å²) in [5.41, 5.74) is 2.44. The van der Waals surface area contributed by atoms with Crippen LogP contribution in [0.1, 0.15) is 24.0 Å². The average Bonchev–Trinajstić information content (AvgIpc) is 2.74. The van der Waals surface area contributed by atoms with Gasteiger partial charge >= 0.3 is 0 Å². The summed E-state index contributed by atoms with van der Waals surface area (Å²) in [6.45, 7) is 4.90. The lowest BCUT2D eigenvalue weighted by molar-refractivity contribution is -0.122. The van der Waals surface area contributed by atoms with Gasteiger partial charge in [-0.25, -0.2) is 0 Å². The van der Waals surface area contributed by atoms with Crippen molar-refractivity contribution in [3.63, 3.8) is 0 Å². The number of rotatable bonds is 4. The second-order valence-corrected chi connectivity index (χ2v) is 5.32. The second-order valence-electron chi connectivity index (χ2n) is 5.32. The van der Waals surface area contributed by atoms with Crippen molar-refractivity contribution in [3.8, 4) is 0 Å². The molecule has 1 aromatic carbocycles. The normalized spacial score (nSPS) is 20.0. The quantitative estimate of drug-likeness (QED) is 0.880. The number of benzene rings is 1. The largest absolute Gasteiger partial charge is 0.352 e. The van der Waals surface area contributed by atoms with Crippen molar-refractivity contribution >= 4 is 5.91 Å². The van der Waals surface area contributed by atoms with Crippen LogP contribution in [0.4, 0.5) is 0 Å². The van der Waals surface area contributed by atoms with Crippen LogP contribution < -0.4 is 5.32 Å². The highest BCUT2D eigenvalue weighted by Gasteiger charge is 2.21. The Morgan fingerprint density at radius 2 is 2.22 bits per heavy atom. The summed E-state index contributed by atoms with van der Waals surface area (Å²) in [6, 6.07) is 8.18. The van der Waals surface area contributed by atoms with Crippen molar-refractivity contribution in [2.24, 2.45) is 5.92 Å². The van der Waals surface area contributed by atoms with Crippen molar-refractivity contribution in [3.05, 3.63) is 35.4 Å². The molecule has 2 rings (SSSR count). The van der Waals surface area contributed by atoms with Crippen LogP contribution in [0.2, 0.25) is 0 Å². The number of likely N-dealkylation sites (tertiary alicyclic amines) is 1. The molecular weight excluding hydrogens is 224 g/mol. The fraction of sp³-hybridized carbons (Fsp3) is 0.533. The number of nitrogens with zero attached hydrogens (tertiary/aromatic N) is 1. The lowest BCUT2D eigenvalue weighted by Crippen LogP contribution is -2.26. The van der Waals surface area contributed by atoms with E-state index in [4.69, 9.17) is 0 Å². The summed E-state index contributed by atoms with van der Waals surface area (Å²) < 4.78 is 0. The Hall–Kier alpha value is -1.35. The zero-order chi connectivity index (χ0) is 13.0. The minimum Gasteiger partial charge on any atom is -0.352 e. The van der Waals surface area contributed by atoms with Gasteiger partial charge in [0.05, 0.1) is 0 Å². The molecular formula is C15H22N2O. The fourth-order valence-electron chi connectivity index (χ4n) is 2.53. The lowest BCUT2D eigenvalue weighted by atomic mass is 10.0. The first kappa shape index (κ1) is 13.1. The van der Waals surface area contributed by atoms with Crippen LogP contribution in [-0.4, -0.2) is 30.9 Å². The van der Waals surface area contributed by atoms with Crippen molar-refractivity contribution in [2.75, 3.05) is 20.1 Å². The smallest absolute Gasteiger partial charge is 0.220 e. The summed E-state index contributed by atoms with van der Waals surface area (Å²) in [7, 11) is 2.12. The minimum absolute atomic E-state index is 0.179. The summed E-state index contributed by atoms with van der Waals surface area (Å²) >= 11 is 0. The Labute approximate surface area is 109 Å². The van der Waals surface area contributed by atoms with Gasteiger partial charge in [-0.3, -0.25) is 4.79 Å². The van der Waals surface area contributed by atoms with Gasteiger partial charge in [-0.2, -0.15) is 0 Å². The first-order chi connectivity index (χ1) is 8.65. The third-order valence-electron chi connectivity index (χ3n) is 3.70. The third kappa shape index (κ3) is 3.57. The van der Waals surface area contributed by atoms with E-state index in [-0.39, 0.29) is 5.91 Å². The first-order valence-electron chi connectivity index (χ1n) is 6.65. The van der Waals surface area contributed by atoms with E-state index >= 15 is 0 Å². The molecule has 0 radical (unpaired) electrons. The summed E-state index contributed by atoms with van der Waals surface area (Å²) in [4.78, 5) is 14.2. The van der Waals surface area contributed by atoms with Gasteiger partial charge in [0.1, 0.15) is 0 Å². The van der Waals surface area contributed by atoms with Crippen LogP contribution >= 0.6 is 0 Å². The molecule has 3 heteroatoms. The monoisotopic (exact) mass is 246 g/mol. The Kier molecular flexibility index (Phi) is 4.37. The SMILES string of the molecule is Cc1ccccc1CNC(=O)CC1CCN(C)C1. The Balaban J connectivity index is 1.77. The molecule has 1 unspecified atom stereocenters. The molecule has 1 fully saturated rings. The van der Waals surface area contributed by atoms with Crippen molar-refractivity contribution < 1.29 is 4.79 Å². The van der Waals surface area contributed by atoms with Gasteiger partial charge in [0.2, 0.25) is 5.91 Å². The Morgan fingerprint density at radius 3 is 2.89 bits per heavy atom. The van der Waals surface area contributed by atoms with Crippen LogP contribution in [0.25, 0.3) is 0 Å². The number of carbonyl (C=O) groups excluding carboxylic acids is 1. The average molecular weight is 246 g/mol. The molecule has 3 nitrogen and oxygen atoms in total. The molecule has 1 aliphatic heterocycles. The highest BCUT2D eigenvalue weighted by Crippen LogP contribution is 2.17. The van der Waals surface area contributed by atoms with Crippen LogP contribution in [0.3, 0.4) is 0 Å². The van der Waals surface area contributed by atoms with Gasteiger partial charge in [-0.1, -0.05) is 24.3 Å². The van der Waals surface area contributed by atoms with Crippen LogP contribution in [0, 0.1) is 12.8 Å². The molecule has 18 heavy (non-hydrogen) atoms. The number of nitrogens with one attached hydrogen (secondary N) is 1. The van der Waals surface area contributed by atoms with E-state index in [9.17, 15) is 4.79 Å². The molecule has 1 amide bonds. The number of amides is 1. The van der Waals surface area contributed by atoms with Crippen molar-refractivity contribution in [1.82, 2.24) is 10.2 Å². The molecule has 0 bridgehead atoms. The molecule has 1 aromatic rings. The van der Waals surface area contributed by atoms with Crippen molar-refractivity contribution in [1.29, 1.82) is 0 Å². The van der Waals surface area contributed by atoms with E-state index in [1.54, 1.807) is 0 Å². The van der Waals surface area contributed by atoms with Gasteiger partial charge < -0.3 is 10.2 Å². The van der Waals surface area contributed by atoms with Gasteiger partial charge in [0, 0.05) is 19.5 Å². The number of hydrogen-bond acceptors (Lipinski definition) is 2. The van der Waals surface area contributed by atoms with E-state index in [2.05, 4.69) is 36.3 Å². The Bertz CT molecular complexity index is 417. The van der Waals surface area contributed by atoms with E-state index in [0.29, 0.717) is 18.9 Å². The zero-order valence-electron chi connectivity index (χ0n) is 11.3. The summed E-state index contributed by atoms with van der Waals surface area (Å²) in [6.07, 6.45) is 1.81. The molecule has 1 saturated heterocycles. The second kappa shape index (κ2) is 6.01. The predicted molar refractivity (Wildman–Crippen MR) is 73.2 cm³/mol. The van der Waals surface area contributed by atoms with E-state index in [1.807, 2.05) is 12.1 Å². The van der Waals surface area contributed by atoms with Gasteiger partial charge in [0.15, 0.2) is 0 Å². The van der Waals surface area contributed by atoms with Gasteiger partial charge in [0.25, 0.3) is 0 Å². The fourth-order valence-corrected chi connectivity index (χ4v) is 2.53. The van der Waals surface area contributed by atoms with Crippen LogP contribution in [-0.2, 0) is 11.3 Å². The summed E-state index contributed by atoms with van der Waals surface area (Å²) in [5, 5.41) is 3.02.